The molecule has 2 N–H and O–H groups in total. The number of halogens is 1. The van der Waals surface area contributed by atoms with Gasteiger partial charge in [-0.1, -0.05) is 78.3 Å². The Morgan fingerprint density at radius 2 is 1.47 bits per heavy atom. The molecule has 1 heterocycles. The summed E-state index contributed by atoms with van der Waals surface area (Å²) < 4.78 is 0. The van der Waals surface area contributed by atoms with Crippen LogP contribution in [0.2, 0.25) is 5.02 Å². The summed E-state index contributed by atoms with van der Waals surface area (Å²) in [5.41, 5.74) is 3.08. The molecule has 0 aliphatic rings. The van der Waals surface area contributed by atoms with Gasteiger partial charge in [-0.15, -0.1) is 11.3 Å². The molecule has 0 spiro atoms. The van der Waals surface area contributed by atoms with Gasteiger partial charge in [0, 0.05) is 18.0 Å². The molecule has 0 fully saturated rings. The Labute approximate surface area is 195 Å². The molecule has 4 aromatic rings. The van der Waals surface area contributed by atoms with Crippen LogP contribution in [0.4, 0.5) is 5.69 Å². The third-order valence-corrected chi connectivity index (χ3v) is 6.29. The second-order valence-corrected chi connectivity index (χ2v) is 8.56. The molecule has 6 heteroatoms. The zero-order valence-electron chi connectivity index (χ0n) is 17.1. The number of carbonyl (C=O) groups excluding carboxylic acids is 2. The standard InChI is InChI=1S/C26H21ClN2O2S/c27-22-14-13-20(16-23(22)29-26(31)24-12-7-15-32-24)25(30)28-17-21(18-8-3-1-4-9-18)19-10-5-2-6-11-19/h1-16,21H,17H2,(H,28,30)(H,29,31). The van der Waals surface area contributed by atoms with E-state index in [0.29, 0.717) is 27.7 Å². The molecule has 0 bridgehead atoms. The largest absolute Gasteiger partial charge is 0.351 e. The molecule has 4 rings (SSSR count). The van der Waals surface area contributed by atoms with Crippen LogP contribution in [0.3, 0.4) is 0 Å². The minimum Gasteiger partial charge on any atom is -0.351 e. The molecule has 0 aliphatic carbocycles. The Hall–Kier alpha value is -3.41. The summed E-state index contributed by atoms with van der Waals surface area (Å²) >= 11 is 7.59. The minimum absolute atomic E-state index is 0.0200. The summed E-state index contributed by atoms with van der Waals surface area (Å²) in [5, 5.41) is 8.02. The first-order chi connectivity index (χ1) is 15.6. The Kier molecular flexibility index (Phi) is 7.00. The lowest BCUT2D eigenvalue weighted by Gasteiger charge is -2.19. The van der Waals surface area contributed by atoms with Crippen molar-refractivity contribution in [3.8, 4) is 0 Å². The van der Waals surface area contributed by atoms with Crippen LogP contribution in [-0.2, 0) is 0 Å². The smallest absolute Gasteiger partial charge is 0.265 e. The van der Waals surface area contributed by atoms with Crippen LogP contribution in [-0.4, -0.2) is 18.4 Å². The van der Waals surface area contributed by atoms with E-state index < -0.39 is 0 Å². The van der Waals surface area contributed by atoms with Crippen molar-refractivity contribution in [3.63, 3.8) is 0 Å². The number of thiophene rings is 1. The molecular formula is C26H21ClN2O2S. The summed E-state index contributed by atoms with van der Waals surface area (Å²) in [6.45, 7) is 0.437. The predicted molar refractivity (Wildman–Crippen MR) is 131 cm³/mol. The molecule has 32 heavy (non-hydrogen) atoms. The van der Waals surface area contributed by atoms with E-state index in [-0.39, 0.29) is 17.7 Å². The second-order valence-electron chi connectivity index (χ2n) is 7.21. The van der Waals surface area contributed by atoms with E-state index in [0.717, 1.165) is 11.1 Å². The first kappa shape index (κ1) is 21.8. The average Bonchev–Trinajstić information content (AvgIpc) is 3.37. The number of benzene rings is 3. The average molecular weight is 461 g/mol. The first-order valence-corrected chi connectivity index (χ1v) is 11.4. The molecule has 2 amide bonds. The molecule has 0 saturated heterocycles. The van der Waals surface area contributed by atoms with Crippen molar-refractivity contribution in [2.24, 2.45) is 0 Å². The van der Waals surface area contributed by atoms with Gasteiger partial charge in [0.05, 0.1) is 15.6 Å². The molecule has 1 aromatic heterocycles. The molecule has 0 unspecified atom stereocenters. The Bertz CT molecular complexity index is 1160. The second kappa shape index (κ2) is 10.3. The highest BCUT2D eigenvalue weighted by atomic mass is 35.5. The normalized spacial score (nSPS) is 10.7. The van der Waals surface area contributed by atoms with Crippen LogP contribution < -0.4 is 10.6 Å². The van der Waals surface area contributed by atoms with E-state index in [1.54, 1.807) is 30.3 Å². The number of carbonyl (C=O) groups is 2. The molecule has 0 saturated carbocycles. The van der Waals surface area contributed by atoms with Gasteiger partial charge in [0.25, 0.3) is 11.8 Å². The highest BCUT2D eigenvalue weighted by molar-refractivity contribution is 7.12. The first-order valence-electron chi connectivity index (χ1n) is 10.1. The van der Waals surface area contributed by atoms with Gasteiger partial charge >= 0.3 is 0 Å². The minimum atomic E-state index is -0.257. The van der Waals surface area contributed by atoms with E-state index in [9.17, 15) is 9.59 Å². The summed E-state index contributed by atoms with van der Waals surface area (Å²) in [4.78, 5) is 25.9. The fourth-order valence-corrected chi connectivity index (χ4v) is 4.23. The third kappa shape index (κ3) is 5.25. The molecule has 0 aliphatic heterocycles. The summed E-state index contributed by atoms with van der Waals surface area (Å²) in [7, 11) is 0. The lowest BCUT2D eigenvalue weighted by atomic mass is 9.91. The molecular weight excluding hydrogens is 440 g/mol. The van der Waals surface area contributed by atoms with Crippen LogP contribution in [0.15, 0.2) is 96.4 Å². The summed E-state index contributed by atoms with van der Waals surface area (Å²) in [6, 6.07) is 28.6. The van der Waals surface area contributed by atoms with E-state index in [2.05, 4.69) is 34.9 Å². The van der Waals surface area contributed by atoms with Crippen molar-refractivity contribution >= 4 is 40.4 Å². The van der Waals surface area contributed by atoms with Crippen LogP contribution in [0.5, 0.6) is 0 Å². The molecule has 160 valence electrons. The predicted octanol–water partition coefficient (Wildman–Crippen LogP) is 6.22. The van der Waals surface area contributed by atoms with Gasteiger partial charge in [0.1, 0.15) is 0 Å². The monoisotopic (exact) mass is 460 g/mol. The lowest BCUT2D eigenvalue weighted by molar-refractivity contribution is 0.0951. The Morgan fingerprint density at radius 1 is 0.812 bits per heavy atom. The number of rotatable bonds is 7. The SMILES string of the molecule is O=C(NCC(c1ccccc1)c1ccccc1)c1ccc(Cl)c(NC(=O)c2cccs2)c1. The van der Waals surface area contributed by atoms with Gasteiger partial charge in [-0.05, 0) is 40.8 Å². The van der Waals surface area contributed by atoms with Crippen molar-refractivity contribution in [2.75, 3.05) is 11.9 Å². The van der Waals surface area contributed by atoms with Crippen LogP contribution >= 0.6 is 22.9 Å². The number of amides is 2. The van der Waals surface area contributed by atoms with Crippen LogP contribution in [0.25, 0.3) is 0 Å². The number of nitrogens with one attached hydrogen (secondary N) is 2. The number of hydrogen-bond acceptors (Lipinski definition) is 3. The molecule has 0 radical (unpaired) electrons. The van der Waals surface area contributed by atoms with Crippen molar-refractivity contribution in [1.82, 2.24) is 5.32 Å². The van der Waals surface area contributed by atoms with E-state index >= 15 is 0 Å². The Balaban J connectivity index is 1.50. The van der Waals surface area contributed by atoms with Gasteiger partial charge in [0.2, 0.25) is 0 Å². The topological polar surface area (TPSA) is 58.2 Å². The summed E-state index contributed by atoms with van der Waals surface area (Å²) in [5.74, 6) is -0.468. The fourth-order valence-electron chi connectivity index (χ4n) is 3.45. The van der Waals surface area contributed by atoms with Gasteiger partial charge in [-0.2, -0.15) is 0 Å². The maximum absolute atomic E-state index is 12.9. The zero-order valence-corrected chi connectivity index (χ0v) is 18.7. The quantitative estimate of drug-likeness (QED) is 0.344. The molecule has 0 atom stereocenters. The molecule has 4 nitrogen and oxygen atoms in total. The van der Waals surface area contributed by atoms with E-state index in [1.165, 1.54) is 11.3 Å². The number of anilines is 1. The van der Waals surface area contributed by atoms with Crippen LogP contribution in [0.1, 0.15) is 37.1 Å². The third-order valence-electron chi connectivity index (χ3n) is 5.09. The van der Waals surface area contributed by atoms with Gasteiger partial charge in [-0.3, -0.25) is 9.59 Å². The molecule has 3 aromatic carbocycles. The van der Waals surface area contributed by atoms with Crippen molar-refractivity contribution in [2.45, 2.75) is 5.92 Å². The highest BCUT2D eigenvalue weighted by Crippen LogP contribution is 2.26. The van der Waals surface area contributed by atoms with E-state index in [1.807, 2.05) is 41.8 Å². The maximum atomic E-state index is 12.9. The highest BCUT2D eigenvalue weighted by Gasteiger charge is 2.17. The van der Waals surface area contributed by atoms with Crippen molar-refractivity contribution < 1.29 is 9.59 Å². The van der Waals surface area contributed by atoms with Crippen molar-refractivity contribution in [3.05, 3.63) is 123 Å². The summed E-state index contributed by atoms with van der Waals surface area (Å²) in [6.07, 6.45) is 0. The van der Waals surface area contributed by atoms with Gasteiger partial charge in [0.15, 0.2) is 0 Å². The number of hydrogen-bond donors (Lipinski definition) is 2. The fraction of sp³-hybridized carbons (Fsp3) is 0.0769. The zero-order chi connectivity index (χ0) is 22.3. The van der Waals surface area contributed by atoms with E-state index in [4.69, 9.17) is 11.6 Å². The Morgan fingerprint density at radius 3 is 2.06 bits per heavy atom. The van der Waals surface area contributed by atoms with Crippen molar-refractivity contribution in [1.29, 1.82) is 0 Å². The van der Waals surface area contributed by atoms with Gasteiger partial charge in [-0.25, -0.2) is 0 Å². The van der Waals surface area contributed by atoms with Gasteiger partial charge < -0.3 is 10.6 Å². The van der Waals surface area contributed by atoms with Crippen LogP contribution in [0, 0.1) is 0 Å². The maximum Gasteiger partial charge on any atom is 0.265 e. The lowest BCUT2D eigenvalue weighted by Crippen LogP contribution is -2.29.